The van der Waals surface area contributed by atoms with E-state index in [4.69, 9.17) is 0 Å². The van der Waals surface area contributed by atoms with E-state index in [9.17, 15) is 0 Å². The molecule has 2 nitrogen and oxygen atoms in total. The summed E-state index contributed by atoms with van der Waals surface area (Å²) in [4.78, 5) is 4.79. The van der Waals surface area contributed by atoms with Gasteiger partial charge in [-0.25, -0.2) is 0 Å². The molecular formula is C68H52N2. The molecule has 0 spiro atoms. The van der Waals surface area contributed by atoms with Crippen molar-refractivity contribution < 1.29 is 0 Å². The topological polar surface area (TPSA) is 6.48 Å². The van der Waals surface area contributed by atoms with Crippen LogP contribution in [0.15, 0.2) is 231 Å². The zero-order chi connectivity index (χ0) is 47.1. The SMILES string of the molecule is CC1(C)c2cc(C=Cc3ccc4c(c3)C(C)(C)c3c-4ccc4cc(N(c5ccccc5)c5ccccc5)ccc34)ccc2-c2ccc(N(c3ccc4ccccc4c3)c3cccc4ccccc34)cc21. The van der Waals surface area contributed by atoms with Crippen LogP contribution in [0, 0.1) is 0 Å². The van der Waals surface area contributed by atoms with Crippen molar-refractivity contribution in [1.29, 1.82) is 0 Å². The molecule has 0 amide bonds. The molecule has 11 aromatic rings. The quantitative estimate of drug-likeness (QED) is 0.140. The van der Waals surface area contributed by atoms with Gasteiger partial charge in [-0.15, -0.1) is 0 Å². The first-order chi connectivity index (χ1) is 34.2. The van der Waals surface area contributed by atoms with Crippen LogP contribution < -0.4 is 9.80 Å². The third-order valence-corrected chi connectivity index (χ3v) is 15.3. The van der Waals surface area contributed by atoms with Crippen molar-refractivity contribution >= 4 is 78.6 Å². The Balaban J connectivity index is 0.812. The molecule has 0 aliphatic heterocycles. The van der Waals surface area contributed by atoms with Crippen molar-refractivity contribution in [2.45, 2.75) is 38.5 Å². The highest BCUT2D eigenvalue weighted by Gasteiger charge is 2.38. The molecule has 0 aromatic heterocycles. The smallest absolute Gasteiger partial charge is 0.0540 e. The molecule has 11 aromatic carbocycles. The number of benzene rings is 11. The number of hydrogen-bond acceptors (Lipinski definition) is 2. The van der Waals surface area contributed by atoms with E-state index in [0.29, 0.717) is 0 Å². The molecule has 0 fully saturated rings. The maximum atomic E-state index is 2.45. The van der Waals surface area contributed by atoms with Crippen LogP contribution in [0.25, 0.3) is 66.7 Å². The van der Waals surface area contributed by atoms with Gasteiger partial charge in [0, 0.05) is 44.7 Å². The van der Waals surface area contributed by atoms with Gasteiger partial charge in [0.2, 0.25) is 0 Å². The summed E-state index contributed by atoms with van der Waals surface area (Å²) in [7, 11) is 0. The number of fused-ring (bicyclic) bond motifs is 10. The third kappa shape index (κ3) is 6.70. The van der Waals surface area contributed by atoms with Gasteiger partial charge in [0.15, 0.2) is 0 Å². The Kier molecular flexibility index (Phi) is 9.58. The van der Waals surface area contributed by atoms with E-state index in [1.165, 1.54) is 93.6 Å². The van der Waals surface area contributed by atoms with Gasteiger partial charge >= 0.3 is 0 Å². The standard InChI is InChI=1S/C68H52N2/c1-67(2)62-40-45(28-35-58(62)59-39-34-55(44-64(59)67)70(54-32-30-47-16-11-12-18-49(47)42-54)65-25-15-19-48-17-13-14-24-56(48)65)26-27-46-29-36-60-61-37-31-50-43-53(33-38-57(50)66(61)68(3,4)63(60)41-46)69(51-20-7-5-8-21-51)52-22-9-6-10-23-52/h5-44H,1-4H3. The Morgan fingerprint density at radius 1 is 0.300 bits per heavy atom. The van der Waals surface area contributed by atoms with Crippen molar-refractivity contribution in [2.75, 3.05) is 9.80 Å². The second-order valence-electron chi connectivity index (χ2n) is 20.2. The van der Waals surface area contributed by atoms with Crippen LogP contribution in [0.2, 0.25) is 0 Å². The predicted octanol–water partition coefficient (Wildman–Crippen LogP) is 18.9. The first-order valence-corrected chi connectivity index (χ1v) is 24.6. The highest BCUT2D eigenvalue weighted by Crippen LogP contribution is 2.54. The average molecular weight is 897 g/mol. The molecule has 334 valence electrons. The molecule has 0 atom stereocenters. The van der Waals surface area contributed by atoms with Crippen LogP contribution in [-0.2, 0) is 10.8 Å². The van der Waals surface area contributed by atoms with Crippen LogP contribution in [0.5, 0.6) is 0 Å². The summed E-state index contributed by atoms with van der Waals surface area (Å²) in [5, 5.41) is 7.48. The lowest BCUT2D eigenvalue weighted by Crippen LogP contribution is -2.17. The minimum atomic E-state index is -0.202. The Morgan fingerprint density at radius 2 is 0.786 bits per heavy atom. The molecule has 0 saturated heterocycles. The Morgan fingerprint density at radius 3 is 1.50 bits per heavy atom. The molecular weight excluding hydrogens is 845 g/mol. The van der Waals surface area contributed by atoms with Gasteiger partial charge in [0.05, 0.1) is 5.69 Å². The van der Waals surface area contributed by atoms with Crippen LogP contribution in [0.4, 0.5) is 34.1 Å². The Bertz CT molecular complexity index is 3850. The maximum absolute atomic E-state index is 2.45. The van der Waals surface area contributed by atoms with Gasteiger partial charge in [-0.05, 0) is 149 Å². The highest BCUT2D eigenvalue weighted by molar-refractivity contribution is 6.02. The van der Waals surface area contributed by atoms with E-state index in [1.54, 1.807) is 0 Å². The van der Waals surface area contributed by atoms with E-state index >= 15 is 0 Å². The zero-order valence-electron chi connectivity index (χ0n) is 40.0. The van der Waals surface area contributed by atoms with E-state index in [0.717, 1.165) is 28.4 Å². The molecule has 0 saturated carbocycles. The molecule has 2 aliphatic rings. The molecule has 2 heteroatoms. The van der Waals surface area contributed by atoms with Gasteiger partial charge in [-0.3, -0.25) is 0 Å². The molecule has 0 radical (unpaired) electrons. The Labute approximate surface area is 411 Å². The summed E-state index contributed by atoms with van der Waals surface area (Å²) in [6.07, 6.45) is 4.59. The number of nitrogens with zero attached hydrogens (tertiary/aromatic N) is 2. The summed E-state index contributed by atoms with van der Waals surface area (Å²) < 4.78 is 0. The van der Waals surface area contributed by atoms with Gasteiger partial charge in [-0.2, -0.15) is 0 Å². The van der Waals surface area contributed by atoms with Crippen molar-refractivity contribution in [2.24, 2.45) is 0 Å². The predicted molar refractivity (Wildman–Crippen MR) is 299 cm³/mol. The summed E-state index contributed by atoms with van der Waals surface area (Å²) in [5.41, 5.74) is 19.7. The fourth-order valence-corrected chi connectivity index (χ4v) is 11.8. The van der Waals surface area contributed by atoms with E-state index < -0.39 is 0 Å². The fraction of sp³-hybridized carbons (Fsp3) is 0.0882. The van der Waals surface area contributed by atoms with E-state index in [2.05, 4.69) is 280 Å². The van der Waals surface area contributed by atoms with Crippen molar-refractivity contribution in [3.05, 3.63) is 264 Å². The molecule has 13 rings (SSSR count). The van der Waals surface area contributed by atoms with Crippen LogP contribution in [0.1, 0.15) is 61.1 Å². The highest BCUT2D eigenvalue weighted by atomic mass is 15.1. The van der Waals surface area contributed by atoms with Crippen molar-refractivity contribution in [3.63, 3.8) is 0 Å². The van der Waals surface area contributed by atoms with E-state index in [1.807, 2.05) is 0 Å². The number of anilines is 6. The molecule has 70 heavy (non-hydrogen) atoms. The molecule has 2 aliphatic carbocycles. The normalized spacial score (nSPS) is 13.9. The first-order valence-electron chi connectivity index (χ1n) is 24.6. The summed E-state index contributed by atoms with van der Waals surface area (Å²) in [6, 6.07) is 85.0. The van der Waals surface area contributed by atoms with Crippen LogP contribution in [-0.4, -0.2) is 0 Å². The van der Waals surface area contributed by atoms with Crippen LogP contribution in [0.3, 0.4) is 0 Å². The fourth-order valence-electron chi connectivity index (χ4n) is 11.8. The minimum absolute atomic E-state index is 0.173. The molecule has 0 N–H and O–H groups in total. The zero-order valence-corrected chi connectivity index (χ0v) is 40.0. The molecule has 0 bridgehead atoms. The molecule has 0 unspecified atom stereocenters. The van der Waals surface area contributed by atoms with Crippen molar-refractivity contribution in [1.82, 2.24) is 0 Å². The van der Waals surface area contributed by atoms with Gasteiger partial charge < -0.3 is 9.80 Å². The average Bonchev–Trinajstić information content (AvgIpc) is 3.77. The second-order valence-corrected chi connectivity index (χ2v) is 20.2. The largest absolute Gasteiger partial charge is 0.310 e. The van der Waals surface area contributed by atoms with E-state index in [-0.39, 0.29) is 10.8 Å². The number of hydrogen-bond donors (Lipinski definition) is 0. The van der Waals surface area contributed by atoms with Gasteiger partial charge in [-0.1, -0.05) is 204 Å². The molecule has 0 heterocycles. The summed E-state index contributed by atoms with van der Waals surface area (Å²) >= 11 is 0. The lowest BCUT2D eigenvalue weighted by Gasteiger charge is -2.29. The van der Waals surface area contributed by atoms with Crippen molar-refractivity contribution in [3.8, 4) is 22.3 Å². The van der Waals surface area contributed by atoms with Crippen LogP contribution >= 0.6 is 0 Å². The second kappa shape index (κ2) is 16.1. The lowest BCUT2D eigenvalue weighted by molar-refractivity contribution is 0.660. The summed E-state index contributed by atoms with van der Waals surface area (Å²) in [5.74, 6) is 0. The van der Waals surface area contributed by atoms with Gasteiger partial charge in [0.1, 0.15) is 0 Å². The minimum Gasteiger partial charge on any atom is -0.310 e. The maximum Gasteiger partial charge on any atom is 0.0540 e. The first kappa shape index (κ1) is 41.7. The van der Waals surface area contributed by atoms with Gasteiger partial charge in [0.25, 0.3) is 0 Å². The third-order valence-electron chi connectivity index (χ3n) is 15.3. The monoisotopic (exact) mass is 896 g/mol. The number of rotatable bonds is 8. The lowest BCUT2D eigenvalue weighted by atomic mass is 9.79. The number of para-hydroxylation sites is 2. The Hall–Kier alpha value is -8.46. The summed E-state index contributed by atoms with van der Waals surface area (Å²) in [6.45, 7) is 9.57.